The standard InChI is InChI=1S/C62H39NS/c1-2-15-41(16-3-1)49-34-31-47(39-58(49)44-29-28-40-14-4-5-17-42(40)36-44)63(46-32-35-50-45(37-46)30-33-57-56-22-10-11-27-61(56)64-62(50)57)60-26-13-24-52-54(23-12-25-55(52)60)59-38-43-18-6-7-19-48(43)51-20-8-9-21-53(51)59/h1-39H. The molecule has 12 aromatic carbocycles. The molecular weight excluding hydrogens is 791 g/mol. The topological polar surface area (TPSA) is 3.24 Å². The first kappa shape index (κ1) is 36.6. The summed E-state index contributed by atoms with van der Waals surface area (Å²) in [5.74, 6) is 0. The molecular formula is C62H39NS. The summed E-state index contributed by atoms with van der Waals surface area (Å²) in [6, 6.07) is 87.5. The lowest BCUT2D eigenvalue weighted by Gasteiger charge is -2.29. The van der Waals surface area contributed by atoms with E-state index < -0.39 is 0 Å². The molecule has 0 unspecified atom stereocenters. The minimum atomic E-state index is 1.10. The van der Waals surface area contributed by atoms with Crippen molar-refractivity contribution in [2.45, 2.75) is 0 Å². The Kier molecular flexibility index (Phi) is 8.47. The van der Waals surface area contributed by atoms with Gasteiger partial charge in [-0.25, -0.2) is 0 Å². The molecule has 2 heteroatoms. The number of thiophene rings is 1. The van der Waals surface area contributed by atoms with Gasteiger partial charge in [0.15, 0.2) is 0 Å². The number of hydrogen-bond donors (Lipinski definition) is 0. The van der Waals surface area contributed by atoms with E-state index in [2.05, 4.69) is 241 Å². The SMILES string of the molecule is c1ccc(-c2ccc(N(c3ccc4c(ccc5c6ccccc6sc45)c3)c3cccc4c(-c5cc6ccccc6c6ccccc56)cccc34)cc2-c2ccc3ccccc3c2)cc1. The fourth-order valence-electron chi connectivity index (χ4n) is 10.2. The lowest BCUT2D eigenvalue weighted by Crippen LogP contribution is -2.11. The second-order valence-corrected chi connectivity index (χ2v) is 17.9. The molecule has 64 heavy (non-hydrogen) atoms. The molecule has 0 atom stereocenters. The molecule has 0 aliphatic rings. The van der Waals surface area contributed by atoms with Crippen molar-refractivity contribution in [2.75, 3.05) is 4.90 Å². The van der Waals surface area contributed by atoms with E-state index in [9.17, 15) is 0 Å². The minimum absolute atomic E-state index is 1.10. The van der Waals surface area contributed by atoms with E-state index >= 15 is 0 Å². The second-order valence-electron chi connectivity index (χ2n) is 16.8. The van der Waals surface area contributed by atoms with Crippen LogP contribution in [0.5, 0.6) is 0 Å². The molecule has 0 bridgehead atoms. The Morgan fingerprint density at radius 3 is 1.78 bits per heavy atom. The lowest BCUT2D eigenvalue weighted by atomic mass is 9.90. The zero-order valence-electron chi connectivity index (χ0n) is 34.9. The van der Waals surface area contributed by atoms with E-state index in [1.165, 1.54) is 107 Å². The first-order valence-corrected chi connectivity index (χ1v) is 22.8. The van der Waals surface area contributed by atoms with Gasteiger partial charge in [-0.15, -0.1) is 11.3 Å². The van der Waals surface area contributed by atoms with Crippen molar-refractivity contribution in [3.8, 4) is 33.4 Å². The first-order valence-electron chi connectivity index (χ1n) is 22.0. The molecule has 298 valence electrons. The van der Waals surface area contributed by atoms with Crippen molar-refractivity contribution in [3.05, 3.63) is 237 Å². The molecule has 0 aliphatic carbocycles. The molecule has 1 heterocycles. The van der Waals surface area contributed by atoms with Gasteiger partial charge in [0.25, 0.3) is 0 Å². The highest BCUT2D eigenvalue weighted by Crippen LogP contribution is 2.47. The summed E-state index contributed by atoms with van der Waals surface area (Å²) in [4.78, 5) is 2.48. The van der Waals surface area contributed by atoms with Crippen LogP contribution >= 0.6 is 11.3 Å². The van der Waals surface area contributed by atoms with Crippen molar-refractivity contribution < 1.29 is 0 Å². The molecule has 0 amide bonds. The van der Waals surface area contributed by atoms with Gasteiger partial charge < -0.3 is 4.90 Å². The lowest BCUT2D eigenvalue weighted by molar-refractivity contribution is 1.30. The predicted octanol–water partition coefficient (Wildman–Crippen LogP) is 18.3. The van der Waals surface area contributed by atoms with Crippen LogP contribution in [0.25, 0.3) is 107 Å². The highest BCUT2D eigenvalue weighted by molar-refractivity contribution is 7.26. The zero-order valence-corrected chi connectivity index (χ0v) is 35.7. The fourth-order valence-corrected chi connectivity index (χ4v) is 11.4. The van der Waals surface area contributed by atoms with E-state index in [1.807, 2.05) is 11.3 Å². The smallest absolute Gasteiger partial charge is 0.0540 e. The molecule has 1 aromatic heterocycles. The number of rotatable bonds is 6. The van der Waals surface area contributed by atoms with Gasteiger partial charge in [-0.05, 0) is 130 Å². The molecule has 0 saturated heterocycles. The van der Waals surface area contributed by atoms with Crippen LogP contribution in [0.15, 0.2) is 237 Å². The Bertz CT molecular complexity index is 3970. The Morgan fingerprint density at radius 1 is 0.266 bits per heavy atom. The zero-order chi connectivity index (χ0) is 42.1. The summed E-state index contributed by atoms with van der Waals surface area (Å²) in [7, 11) is 0. The van der Waals surface area contributed by atoms with Gasteiger partial charge >= 0.3 is 0 Å². The molecule has 13 aromatic rings. The number of hydrogen-bond acceptors (Lipinski definition) is 2. The van der Waals surface area contributed by atoms with Crippen LogP contribution in [-0.4, -0.2) is 0 Å². The average molecular weight is 830 g/mol. The number of nitrogens with zero attached hydrogens (tertiary/aromatic N) is 1. The maximum Gasteiger partial charge on any atom is 0.0540 e. The van der Waals surface area contributed by atoms with Gasteiger partial charge in [0.1, 0.15) is 0 Å². The molecule has 0 spiro atoms. The third-order valence-corrected chi connectivity index (χ3v) is 14.4. The minimum Gasteiger partial charge on any atom is -0.310 e. The van der Waals surface area contributed by atoms with Crippen LogP contribution in [0.2, 0.25) is 0 Å². The molecule has 0 radical (unpaired) electrons. The molecule has 0 aliphatic heterocycles. The van der Waals surface area contributed by atoms with Gasteiger partial charge in [-0.2, -0.15) is 0 Å². The van der Waals surface area contributed by atoms with Crippen LogP contribution < -0.4 is 4.90 Å². The molecule has 0 fully saturated rings. The third-order valence-electron chi connectivity index (χ3n) is 13.2. The van der Waals surface area contributed by atoms with Crippen LogP contribution in [0.1, 0.15) is 0 Å². The summed E-state index contributed by atoms with van der Waals surface area (Å²) < 4.78 is 2.65. The molecule has 1 nitrogen and oxygen atoms in total. The molecule has 13 rings (SSSR count). The summed E-state index contributed by atoms with van der Waals surface area (Å²) >= 11 is 1.89. The van der Waals surface area contributed by atoms with Crippen LogP contribution in [0.4, 0.5) is 17.1 Å². The van der Waals surface area contributed by atoms with E-state index in [1.54, 1.807) is 0 Å². The number of fused-ring (bicyclic) bond motifs is 10. The maximum atomic E-state index is 2.48. The highest BCUT2D eigenvalue weighted by Gasteiger charge is 2.21. The number of benzene rings is 12. The monoisotopic (exact) mass is 829 g/mol. The van der Waals surface area contributed by atoms with Gasteiger partial charge in [0.2, 0.25) is 0 Å². The van der Waals surface area contributed by atoms with Crippen molar-refractivity contribution in [2.24, 2.45) is 0 Å². The van der Waals surface area contributed by atoms with Crippen LogP contribution in [-0.2, 0) is 0 Å². The van der Waals surface area contributed by atoms with Gasteiger partial charge in [0, 0.05) is 36.9 Å². The van der Waals surface area contributed by atoms with Crippen LogP contribution in [0.3, 0.4) is 0 Å². The molecule has 0 N–H and O–H groups in total. The summed E-state index contributed by atoms with van der Waals surface area (Å²) in [6.07, 6.45) is 0. The van der Waals surface area contributed by atoms with E-state index in [4.69, 9.17) is 0 Å². The van der Waals surface area contributed by atoms with E-state index in [0.717, 1.165) is 17.1 Å². The van der Waals surface area contributed by atoms with Crippen molar-refractivity contribution in [1.29, 1.82) is 0 Å². The van der Waals surface area contributed by atoms with Gasteiger partial charge in [-0.3, -0.25) is 0 Å². The van der Waals surface area contributed by atoms with Crippen molar-refractivity contribution in [1.82, 2.24) is 0 Å². The normalized spacial score (nSPS) is 11.8. The highest BCUT2D eigenvalue weighted by atomic mass is 32.1. The van der Waals surface area contributed by atoms with Gasteiger partial charge in [-0.1, -0.05) is 188 Å². The maximum absolute atomic E-state index is 2.48. The number of anilines is 3. The Hall–Kier alpha value is -8.04. The largest absolute Gasteiger partial charge is 0.310 e. The van der Waals surface area contributed by atoms with Crippen molar-refractivity contribution >= 4 is 102 Å². The Balaban J connectivity index is 1.07. The summed E-state index contributed by atoms with van der Waals surface area (Å²) in [5.41, 5.74) is 10.6. The predicted molar refractivity (Wildman–Crippen MR) is 278 cm³/mol. The Labute approximate surface area is 375 Å². The fraction of sp³-hybridized carbons (Fsp3) is 0. The Morgan fingerprint density at radius 2 is 0.891 bits per heavy atom. The average Bonchev–Trinajstić information content (AvgIpc) is 3.75. The van der Waals surface area contributed by atoms with Crippen LogP contribution in [0, 0.1) is 0 Å². The summed E-state index contributed by atoms with van der Waals surface area (Å²) in [6.45, 7) is 0. The quantitative estimate of drug-likeness (QED) is 0.151. The van der Waals surface area contributed by atoms with E-state index in [0.29, 0.717) is 0 Å². The van der Waals surface area contributed by atoms with Crippen molar-refractivity contribution in [3.63, 3.8) is 0 Å². The van der Waals surface area contributed by atoms with E-state index in [-0.39, 0.29) is 0 Å². The second kappa shape index (κ2) is 14.8. The summed E-state index contributed by atoms with van der Waals surface area (Å²) in [5, 5.41) is 15.1. The first-order chi connectivity index (χ1) is 31.7. The van der Waals surface area contributed by atoms with Gasteiger partial charge in [0.05, 0.1) is 5.69 Å². The molecule has 0 saturated carbocycles. The third kappa shape index (κ3) is 5.91.